The van der Waals surface area contributed by atoms with Crippen LogP contribution in [0, 0.1) is 11.6 Å². The van der Waals surface area contributed by atoms with Crippen molar-refractivity contribution in [1.29, 1.82) is 0 Å². The third-order valence-electron chi connectivity index (χ3n) is 3.80. The molecular weight excluding hydrogens is 374 g/mol. The summed E-state index contributed by atoms with van der Waals surface area (Å²) in [5.74, 6) is -2.75. The van der Waals surface area contributed by atoms with E-state index in [-0.39, 0.29) is 30.2 Å². The Morgan fingerprint density at radius 2 is 1.79 bits per heavy atom. The minimum Gasteiger partial charge on any atom is -0.493 e. The van der Waals surface area contributed by atoms with Gasteiger partial charge in [0.1, 0.15) is 17.2 Å². The second-order valence-corrected chi connectivity index (χ2v) is 5.64. The Bertz CT molecular complexity index is 853. The highest BCUT2D eigenvalue weighted by Crippen LogP contribution is 2.32. The second-order valence-electron chi connectivity index (χ2n) is 5.64. The third kappa shape index (κ3) is 4.87. The van der Waals surface area contributed by atoms with Crippen LogP contribution in [0.5, 0.6) is 11.5 Å². The maximum atomic E-state index is 13.6. The van der Waals surface area contributed by atoms with Gasteiger partial charge < -0.3 is 25.3 Å². The lowest BCUT2D eigenvalue weighted by Gasteiger charge is -2.14. The number of carbonyl (C=O) groups excluding carboxylic acids is 2. The molecule has 2 aromatic rings. The lowest BCUT2D eigenvalue weighted by Crippen LogP contribution is -2.27. The number of esters is 1. The van der Waals surface area contributed by atoms with Gasteiger partial charge in [-0.1, -0.05) is 6.07 Å². The van der Waals surface area contributed by atoms with Crippen LogP contribution < -0.4 is 20.5 Å². The fourth-order valence-electron chi connectivity index (χ4n) is 2.39. The lowest BCUT2D eigenvalue weighted by atomic mass is 10.1. The van der Waals surface area contributed by atoms with Gasteiger partial charge in [-0.2, -0.15) is 0 Å². The molecule has 0 aliphatic heterocycles. The van der Waals surface area contributed by atoms with Crippen LogP contribution in [-0.4, -0.2) is 39.2 Å². The van der Waals surface area contributed by atoms with Crippen molar-refractivity contribution in [3.8, 4) is 11.5 Å². The number of hydrogen-bond donors (Lipinski definition) is 2. The van der Waals surface area contributed by atoms with Crippen LogP contribution in [-0.2, 0) is 4.74 Å². The minimum absolute atomic E-state index is 0.119. The number of nitrogens with one attached hydrogen (secondary N) is 1. The standard InChI is InChI=1S/C19H20F2N2O5/c1-26-15-10-14(22)11(19(25)27-2)9-16(15)28-8-4-7-23-18(24)17-12(20)5-3-6-13(17)21/h3,5-6,9-10H,4,7-8,22H2,1-2H3,(H,23,24). The molecule has 0 atom stereocenters. The van der Waals surface area contributed by atoms with Crippen molar-refractivity contribution >= 4 is 17.6 Å². The summed E-state index contributed by atoms with van der Waals surface area (Å²) in [6, 6.07) is 6.02. The zero-order chi connectivity index (χ0) is 20.7. The van der Waals surface area contributed by atoms with Gasteiger partial charge in [0.25, 0.3) is 5.91 Å². The molecule has 3 N–H and O–H groups in total. The number of benzene rings is 2. The number of nitrogen functional groups attached to an aromatic ring is 1. The molecule has 1 amide bonds. The van der Waals surface area contributed by atoms with Gasteiger partial charge in [-0.05, 0) is 18.6 Å². The van der Waals surface area contributed by atoms with Crippen molar-refractivity contribution in [1.82, 2.24) is 5.32 Å². The molecule has 0 aliphatic rings. The zero-order valence-electron chi connectivity index (χ0n) is 15.4. The van der Waals surface area contributed by atoms with E-state index in [2.05, 4.69) is 10.1 Å². The Morgan fingerprint density at radius 3 is 2.39 bits per heavy atom. The Morgan fingerprint density at radius 1 is 1.11 bits per heavy atom. The van der Waals surface area contributed by atoms with Gasteiger partial charge in [0.05, 0.1) is 32.1 Å². The van der Waals surface area contributed by atoms with E-state index in [1.165, 1.54) is 32.4 Å². The molecule has 0 saturated carbocycles. The number of halogens is 2. The molecule has 9 heteroatoms. The fraction of sp³-hybridized carbons (Fsp3) is 0.263. The van der Waals surface area contributed by atoms with E-state index in [0.29, 0.717) is 12.2 Å². The van der Waals surface area contributed by atoms with Crippen LogP contribution in [0.3, 0.4) is 0 Å². The summed E-state index contributed by atoms with van der Waals surface area (Å²) in [7, 11) is 2.65. The molecule has 0 aromatic heterocycles. The zero-order valence-corrected chi connectivity index (χ0v) is 15.4. The molecule has 0 aliphatic carbocycles. The van der Waals surface area contributed by atoms with Crippen LogP contribution in [0.1, 0.15) is 27.1 Å². The summed E-state index contributed by atoms with van der Waals surface area (Å²) in [5.41, 5.74) is 5.46. The van der Waals surface area contributed by atoms with Crippen LogP contribution >= 0.6 is 0 Å². The van der Waals surface area contributed by atoms with Crippen molar-refractivity contribution < 1.29 is 32.6 Å². The highest BCUT2D eigenvalue weighted by atomic mass is 19.1. The van der Waals surface area contributed by atoms with E-state index >= 15 is 0 Å². The molecule has 150 valence electrons. The lowest BCUT2D eigenvalue weighted by molar-refractivity contribution is 0.0601. The molecule has 0 heterocycles. The van der Waals surface area contributed by atoms with Gasteiger partial charge in [-0.15, -0.1) is 0 Å². The van der Waals surface area contributed by atoms with E-state index in [4.69, 9.17) is 15.2 Å². The monoisotopic (exact) mass is 394 g/mol. The summed E-state index contributed by atoms with van der Waals surface area (Å²) in [6.45, 7) is 0.259. The molecule has 0 unspecified atom stereocenters. The smallest absolute Gasteiger partial charge is 0.340 e. The quantitative estimate of drug-likeness (QED) is 0.406. The summed E-state index contributed by atoms with van der Waals surface area (Å²) < 4.78 is 42.5. The Balaban J connectivity index is 1.93. The van der Waals surface area contributed by atoms with E-state index in [1.54, 1.807) is 0 Å². The van der Waals surface area contributed by atoms with Crippen molar-refractivity contribution in [2.45, 2.75) is 6.42 Å². The first-order valence-electron chi connectivity index (χ1n) is 8.29. The molecule has 0 fully saturated rings. The number of rotatable bonds is 8. The maximum Gasteiger partial charge on any atom is 0.340 e. The number of anilines is 1. The van der Waals surface area contributed by atoms with Gasteiger partial charge >= 0.3 is 5.97 Å². The second kappa shape index (κ2) is 9.54. The Labute approximate surface area is 160 Å². The van der Waals surface area contributed by atoms with E-state index < -0.39 is 29.1 Å². The number of hydrogen-bond acceptors (Lipinski definition) is 6. The number of nitrogens with two attached hydrogens (primary N) is 1. The van der Waals surface area contributed by atoms with Crippen molar-refractivity contribution in [2.75, 3.05) is 33.1 Å². The van der Waals surface area contributed by atoms with Gasteiger partial charge in [-0.25, -0.2) is 13.6 Å². The normalized spacial score (nSPS) is 10.3. The Kier molecular flexibility index (Phi) is 7.14. The van der Waals surface area contributed by atoms with Crippen molar-refractivity contribution in [2.24, 2.45) is 0 Å². The van der Waals surface area contributed by atoms with Crippen LogP contribution in [0.4, 0.5) is 14.5 Å². The summed E-state index contributed by atoms with van der Waals surface area (Å²) in [5, 5.41) is 2.42. The summed E-state index contributed by atoms with van der Waals surface area (Å²) in [4.78, 5) is 23.6. The molecule has 0 saturated heterocycles. The predicted molar refractivity (Wildman–Crippen MR) is 97.5 cm³/mol. The first kappa shape index (κ1) is 20.9. The average molecular weight is 394 g/mol. The molecular formula is C19H20F2N2O5. The fourth-order valence-corrected chi connectivity index (χ4v) is 2.39. The van der Waals surface area contributed by atoms with E-state index in [9.17, 15) is 18.4 Å². The van der Waals surface area contributed by atoms with Crippen molar-refractivity contribution in [3.05, 3.63) is 53.1 Å². The SMILES string of the molecule is COC(=O)c1cc(OCCCNC(=O)c2c(F)cccc2F)c(OC)cc1N. The first-order valence-corrected chi connectivity index (χ1v) is 8.29. The van der Waals surface area contributed by atoms with E-state index in [0.717, 1.165) is 12.1 Å². The highest BCUT2D eigenvalue weighted by Gasteiger charge is 2.17. The van der Waals surface area contributed by atoms with Crippen LogP contribution in [0.2, 0.25) is 0 Å². The summed E-state index contributed by atoms with van der Waals surface area (Å²) in [6.07, 6.45) is 0.336. The van der Waals surface area contributed by atoms with Crippen LogP contribution in [0.25, 0.3) is 0 Å². The van der Waals surface area contributed by atoms with Crippen LogP contribution in [0.15, 0.2) is 30.3 Å². The van der Waals surface area contributed by atoms with Gasteiger partial charge in [-0.3, -0.25) is 4.79 Å². The predicted octanol–water partition coefficient (Wildman–Crippen LogP) is 2.54. The topological polar surface area (TPSA) is 99.9 Å². The molecule has 7 nitrogen and oxygen atoms in total. The van der Waals surface area contributed by atoms with Gasteiger partial charge in [0.15, 0.2) is 11.5 Å². The summed E-state index contributed by atoms with van der Waals surface area (Å²) >= 11 is 0. The molecule has 28 heavy (non-hydrogen) atoms. The molecule has 0 spiro atoms. The maximum absolute atomic E-state index is 13.6. The van der Waals surface area contributed by atoms with Crippen molar-refractivity contribution in [3.63, 3.8) is 0 Å². The van der Waals surface area contributed by atoms with E-state index in [1.807, 2.05) is 0 Å². The molecule has 2 aromatic carbocycles. The largest absolute Gasteiger partial charge is 0.493 e. The molecule has 0 bridgehead atoms. The number of carbonyl (C=O) groups is 2. The molecule has 2 rings (SSSR count). The van der Waals surface area contributed by atoms with Gasteiger partial charge in [0, 0.05) is 18.7 Å². The number of ether oxygens (including phenoxy) is 3. The number of methoxy groups -OCH3 is 2. The highest BCUT2D eigenvalue weighted by molar-refractivity contribution is 5.96. The first-order chi connectivity index (χ1) is 13.4. The average Bonchev–Trinajstić information content (AvgIpc) is 2.67. The minimum atomic E-state index is -0.935. The Hall–Kier alpha value is -3.36. The number of amides is 1. The third-order valence-corrected chi connectivity index (χ3v) is 3.80. The molecule has 0 radical (unpaired) electrons. The van der Waals surface area contributed by atoms with Gasteiger partial charge in [0.2, 0.25) is 0 Å².